The molecule has 0 fully saturated rings. The number of rotatable bonds is 2. The van der Waals surface area contributed by atoms with Gasteiger partial charge < -0.3 is 10.8 Å². The van der Waals surface area contributed by atoms with Crippen LogP contribution in [-0.2, 0) is 0 Å². The fourth-order valence-corrected chi connectivity index (χ4v) is 1.84. The number of halogens is 1. The molecule has 0 saturated heterocycles. The molecule has 0 aliphatic heterocycles. The Morgan fingerprint density at radius 2 is 2.40 bits per heavy atom. The van der Waals surface area contributed by atoms with E-state index in [-0.39, 0.29) is 12.6 Å². The Bertz CT molecular complexity index is 213. The van der Waals surface area contributed by atoms with Gasteiger partial charge in [-0.2, -0.15) is 11.3 Å². The zero-order valence-corrected chi connectivity index (χ0v) is 6.82. The number of thiophene rings is 1. The number of aliphatic hydroxyl groups excluding tert-OH is 1. The van der Waals surface area contributed by atoms with E-state index in [1.165, 1.54) is 11.3 Å². The molecule has 0 radical (unpaired) electrons. The van der Waals surface area contributed by atoms with Gasteiger partial charge in [-0.1, -0.05) is 11.6 Å². The first-order chi connectivity index (χ1) is 4.75. The summed E-state index contributed by atoms with van der Waals surface area (Å²) in [6.45, 7) is -0.0591. The van der Waals surface area contributed by atoms with E-state index in [9.17, 15) is 0 Å². The van der Waals surface area contributed by atoms with Gasteiger partial charge in [0, 0.05) is 10.9 Å². The van der Waals surface area contributed by atoms with Crippen molar-refractivity contribution in [3.63, 3.8) is 0 Å². The maximum absolute atomic E-state index is 8.65. The Hall–Kier alpha value is -0.0900. The molecule has 1 rings (SSSR count). The van der Waals surface area contributed by atoms with Crippen LogP contribution in [0.4, 0.5) is 0 Å². The van der Waals surface area contributed by atoms with Crippen molar-refractivity contribution < 1.29 is 5.11 Å². The first kappa shape index (κ1) is 8.01. The lowest BCUT2D eigenvalue weighted by molar-refractivity contribution is 0.268. The monoisotopic (exact) mass is 177 g/mol. The van der Waals surface area contributed by atoms with E-state index in [2.05, 4.69) is 0 Å². The van der Waals surface area contributed by atoms with Crippen LogP contribution in [0, 0.1) is 0 Å². The molecule has 56 valence electrons. The number of aliphatic hydroxyl groups is 1. The summed E-state index contributed by atoms with van der Waals surface area (Å²) in [5.74, 6) is 0. The van der Waals surface area contributed by atoms with Gasteiger partial charge in [0.1, 0.15) is 0 Å². The van der Waals surface area contributed by atoms with Crippen LogP contribution in [0.3, 0.4) is 0 Å². The molecule has 1 aromatic heterocycles. The molecule has 2 nitrogen and oxygen atoms in total. The zero-order chi connectivity index (χ0) is 7.56. The van der Waals surface area contributed by atoms with Crippen molar-refractivity contribution in [1.29, 1.82) is 0 Å². The molecule has 0 bridgehead atoms. The van der Waals surface area contributed by atoms with E-state index < -0.39 is 0 Å². The fourth-order valence-electron chi connectivity index (χ4n) is 0.654. The molecule has 10 heavy (non-hydrogen) atoms. The Labute approximate surface area is 68.2 Å². The Morgan fingerprint density at radius 1 is 1.70 bits per heavy atom. The summed E-state index contributed by atoms with van der Waals surface area (Å²) < 4.78 is 0. The Kier molecular flexibility index (Phi) is 2.68. The van der Waals surface area contributed by atoms with Crippen molar-refractivity contribution in [3.8, 4) is 0 Å². The van der Waals surface area contributed by atoms with Gasteiger partial charge in [0.15, 0.2) is 0 Å². The number of hydrogen-bond donors (Lipinski definition) is 2. The fraction of sp³-hybridized carbons (Fsp3) is 0.333. The van der Waals surface area contributed by atoms with E-state index in [1.54, 1.807) is 5.38 Å². The van der Waals surface area contributed by atoms with Gasteiger partial charge in [-0.15, -0.1) is 0 Å². The summed E-state index contributed by atoms with van der Waals surface area (Å²) >= 11 is 7.22. The number of nitrogens with two attached hydrogens (primary N) is 1. The third-order valence-electron chi connectivity index (χ3n) is 1.24. The Morgan fingerprint density at radius 3 is 2.80 bits per heavy atom. The minimum Gasteiger partial charge on any atom is -0.394 e. The van der Waals surface area contributed by atoms with Gasteiger partial charge in [-0.3, -0.25) is 0 Å². The molecule has 0 unspecified atom stereocenters. The molecule has 0 aliphatic carbocycles. The van der Waals surface area contributed by atoms with Gasteiger partial charge in [-0.05, 0) is 5.38 Å². The molecule has 3 N–H and O–H groups in total. The second-order valence-corrected chi connectivity index (χ2v) is 3.11. The maximum atomic E-state index is 8.65. The molecular weight excluding hydrogens is 170 g/mol. The van der Waals surface area contributed by atoms with Crippen LogP contribution in [-0.4, -0.2) is 11.7 Å². The van der Waals surface area contributed by atoms with Crippen molar-refractivity contribution in [1.82, 2.24) is 0 Å². The predicted molar refractivity (Wildman–Crippen MR) is 43.3 cm³/mol. The van der Waals surface area contributed by atoms with Gasteiger partial charge in [0.05, 0.1) is 17.7 Å². The van der Waals surface area contributed by atoms with Gasteiger partial charge >= 0.3 is 0 Å². The van der Waals surface area contributed by atoms with E-state index >= 15 is 0 Å². The molecule has 0 amide bonds. The summed E-state index contributed by atoms with van der Waals surface area (Å²) in [6.07, 6.45) is 0. The second kappa shape index (κ2) is 3.34. The zero-order valence-electron chi connectivity index (χ0n) is 5.25. The molecule has 0 aliphatic rings. The van der Waals surface area contributed by atoms with Crippen molar-refractivity contribution in [3.05, 3.63) is 21.3 Å². The van der Waals surface area contributed by atoms with Crippen LogP contribution in [0.1, 0.15) is 11.6 Å². The average molecular weight is 178 g/mol. The minimum atomic E-state index is -0.334. The van der Waals surface area contributed by atoms with E-state index in [0.29, 0.717) is 5.02 Å². The van der Waals surface area contributed by atoms with Crippen molar-refractivity contribution in [2.45, 2.75) is 6.04 Å². The Balaban J connectivity index is 2.82. The molecule has 0 spiro atoms. The molecule has 0 aromatic carbocycles. The molecule has 0 saturated carbocycles. The van der Waals surface area contributed by atoms with Gasteiger partial charge in [0.25, 0.3) is 0 Å². The third-order valence-corrected chi connectivity index (χ3v) is 2.46. The number of hydrogen-bond acceptors (Lipinski definition) is 3. The third kappa shape index (κ3) is 1.49. The summed E-state index contributed by atoms with van der Waals surface area (Å²) in [7, 11) is 0. The quantitative estimate of drug-likeness (QED) is 0.718. The summed E-state index contributed by atoms with van der Waals surface area (Å²) in [5.41, 5.74) is 6.34. The van der Waals surface area contributed by atoms with Crippen LogP contribution < -0.4 is 5.73 Å². The van der Waals surface area contributed by atoms with Gasteiger partial charge in [0.2, 0.25) is 0 Å². The standard InChI is InChI=1S/C6H8ClNOS/c7-5-3-10-2-4(5)6(8)1-9/h2-3,6,9H,1,8H2/t6-/m0/s1. The summed E-state index contributed by atoms with van der Waals surface area (Å²) in [4.78, 5) is 0. The molecule has 1 heterocycles. The van der Waals surface area contributed by atoms with Crippen LogP contribution in [0.5, 0.6) is 0 Å². The first-order valence-corrected chi connectivity index (χ1v) is 4.15. The summed E-state index contributed by atoms with van der Waals surface area (Å²) in [6, 6.07) is -0.334. The maximum Gasteiger partial charge on any atom is 0.0625 e. The van der Waals surface area contributed by atoms with E-state index in [1.807, 2.05) is 5.38 Å². The normalized spacial score (nSPS) is 13.5. The lowest BCUT2D eigenvalue weighted by Crippen LogP contribution is -2.13. The lowest BCUT2D eigenvalue weighted by atomic mass is 10.2. The first-order valence-electron chi connectivity index (χ1n) is 2.83. The van der Waals surface area contributed by atoms with E-state index in [4.69, 9.17) is 22.4 Å². The SMILES string of the molecule is N[C@@H](CO)c1cscc1Cl. The molecule has 1 atom stereocenters. The smallest absolute Gasteiger partial charge is 0.0625 e. The van der Waals surface area contributed by atoms with Crippen molar-refractivity contribution in [2.24, 2.45) is 5.73 Å². The molecular formula is C6H8ClNOS. The highest BCUT2D eigenvalue weighted by molar-refractivity contribution is 7.08. The lowest BCUT2D eigenvalue weighted by Gasteiger charge is -2.04. The predicted octanol–water partition coefficient (Wildman–Crippen LogP) is 1.39. The van der Waals surface area contributed by atoms with Crippen LogP contribution >= 0.6 is 22.9 Å². The minimum absolute atomic E-state index is 0.0591. The largest absolute Gasteiger partial charge is 0.394 e. The van der Waals surface area contributed by atoms with Crippen LogP contribution in [0.2, 0.25) is 5.02 Å². The highest BCUT2D eigenvalue weighted by Gasteiger charge is 2.08. The summed E-state index contributed by atoms with van der Waals surface area (Å²) in [5, 5.41) is 12.9. The topological polar surface area (TPSA) is 46.2 Å². The molecule has 1 aromatic rings. The van der Waals surface area contributed by atoms with E-state index in [0.717, 1.165) is 5.56 Å². The van der Waals surface area contributed by atoms with Crippen molar-refractivity contribution in [2.75, 3.05) is 6.61 Å². The van der Waals surface area contributed by atoms with Crippen LogP contribution in [0.15, 0.2) is 10.8 Å². The highest BCUT2D eigenvalue weighted by Crippen LogP contribution is 2.24. The van der Waals surface area contributed by atoms with Gasteiger partial charge in [-0.25, -0.2) is 0 Å². The highest BCUT2D eigenvalue weighted by atomic mass is 35.5. The second-order valence-electron chi connectivity index (χ2n) is 1.96. The van der Waals surface area contributed by atoms with Crippen molar-refractivity contribution >= 4 is 22.9 Å². The molecule has 4 heteroatoms. The van der Waals surface area contributed by atoms with Crippen LogP contribution in [0.25, 0.3) is 0 Å². The average Bonchev–Trinajstić information content (AvgIpc) is 2.34.